The summed E-state index contributed by atoms with van der Waals surface area (Å²) in [4.78, 5) is 0. The molecule has 3 aromatic rings. The van der Waals surface area contributed by atoms with Gasteiger partial charge >= 0.3 is 0 Å². The normalized spacial score (nSPS) is 9.96. The van der Waals surface area contributed by atoms with Gasteiger partial charge in [-0.2, -0.15) is 0 Å². The van der Waals surface area contributed by atoms with Gasteiger partial charge in [-0.1, -0.05) is 72.5 Å². The summed E-state index contributed by atoms with van der Waals surface area (Å²) in [6.07, 6.45) is 9.02. The van der Waals surface area contributed by atoms with Crippen LogP contribution in [-0.2, 0) is 6.61 Å². The van der Waals surface area contributed by atoms with Gasteiger partial charge in [0.25, 0.3) is 0 Å². The van der Waals surface area contributed by atoms with Gasteiger partial charge in [0, 0.05) is 18.2 Å². The lowest BCUT2D eigenvalue weighted by Gasteiger charge is -2.11. The maximum absolute atomic E-state index is 6.10. The highest BCUT2D eigenvalue weighted by Crippen LogP contribution is 2.28. The highest BCUT2D eigenvalue weighted by Gasteiger charge is 2.07. The first-order valence-corrected chi connectivity index (χ1v) is 8.99. The minimum absolute atomic E-state index is 0.538. The molecule has 0 saturated carbocycles. The van der Waals surface area contributed by atoms with Crippen molar-refractivity contribution in [2.75, 3.05) is 0 Å². The van der Waals surface area contributed by atoms with Crippen LogP contribution in [-0.4, -0.2) is 0 Å². The summed E-state index contributed by atoms with van der Waals surface area (Å²) in [6.45, 7) is 0.538. The Balaban J connectivity index is 1.83. The third-order valence-electron chi connectivity index (χ3n) is 4.21. The van der Waals surface area contributed by atoms with Crippen molar-refractivity contribution in [2.45, 2.75) is 32.3 Å². The van der Waals surface area contributed by atoms with E-state index in [9.17, 15) is 0 Å². The van der Waals surface area contributed by atoms with Gasteiger partial charge in [-0.05, 0) is 29.9 Å². The highest BCUT2D eigenvalue weighted by atomic mass is 16.5. The van der Waals surface area contributed by atoms with E-state index in [-0.39, 0.29) is 0 Å². The number of ether oxygens (including phenoxy) is 1. The van der Waals surface area contributed by atoms with E-state index in [2.05, 4.69) is 48.1 Å². The SMILES string of the molecule is C#CCCCCC#Cc1c(OCc2ccccc2)ccc2ccccc12. The number of terminal acetylenes is 1. The summed E-state index contributed by atoms with van der Waals surface area (Å²) in [7, 11) is 0. The van der Waals surface area contributed by atoms with Crippen LogP contribution in [0.4, 0.5) is 0 Å². The Hall–Kier alpha value is -3.16. The largest absolute Gasteiger partial charge is 0.488 e. The molecule has 0 bridgehead atoms. The molecule has 0 unspecified atom stereocenters. The molecule has 0 radical (unpaired) electrons. The van der Waals surface area contributed by atoms with E-state index in [0.717, 1.165) is 47.9 Å². The smallest absolute Gasteiger partial charge is 0.136 e. The summed E-state index contributed by atoms with van der Waals surface area (Å²) < 4.78 is 6.10. The van der Waals surface area contributed by atoms with Gasteiger partial charge < -0.3 is 4.74 Å². The average molecular weight is 338 g/mol. The number of unbranched alkanes of at least 4 members (excludes halogenated alkanes) is 3. The van der Waals surface area contributed by atoms with Gasteiger partial charge in [0.05, 0.1) is 5.56 Å². The highest BCUT2D eigenvalue weighted by molar-refractivity contribution is 5.90. The number of rotatable bonds is 6. The quantitative estimate of drug-likeness (QED) is 0.398. The zero-order chi connectivity index (χ0) is 18.0. The third-order valence-corrected chi connectivity index (χ3v) is 4.21. The van der Waals surface area contributed by atoms with Crippen molar-refractivity contribution in [2.24, 2.45) is 0 Å². The lowest BCUT2D eigenvalue weighted by molar-refractivity contribution is 0.306. The van der Waals surface area contributed by atoms with E-state index >= 15 is 0 Å². The van der Waals surface area contributed by atoms with E-state index < -0.39 is 0 Å². The van der Waals surface area contributed by atoms with Crippen LogP contribution in [0.5, 0.6) is 5.75 Å². The Labute approximate surface area is 156 Å². The van der Waals surface area contributed by atoms with E-state index in [4.69, 9.17) is 11.2 Å². The molecule has 0 aliphatic rings. The van der Waals surface area contributed by atoms with Gasteiger partial charge in [0.2, 0.25) is 0 Å². The van der Waals surface area contributed by atoms with Crippen LogP contribution in [0.3, 0.4) is 0 Å². The first-order chi connectivity index (χ1) is 12.9. The topological polar surface area (TPSA) is 9.23 Å². The fraction of sp³-hybridized carbons (Fsp3) is 0.200. The molecule has 3 rings (SSSR count). The predicted octanol–water partition coefficient (Wildman–Crippen LogP) is 5.96. The van der Waals surface area contributed by atoms with Crippen molar-refractivity contribution in [3.05, 3.63) is 77.9 Å². The second-order valence-electron chi connectivity index (χ2n) is 6.15. The molecule has 0 N–H and O–H groups in total. The first kappa shape index (κ1) is 17.7. The second kappa shape index (κ2) is 9.36. The van der Waals surface area contributed by atoms with E-state index in [1.54, 1.807) is 0 Å². The monoisotopic (exact) mass is 338 g/mol. The number of hydrogen-bond donors (Lipinski definition) is 0. The molecule has 128 valence electrons. The maximum Gasteiger partial charge on any atom is 0.136 e. The molecule has 0 aromatic heterocycles. The van der Waals surface area contributed by atoms with E-state index in [0.29, 0.717) is 6.61 Å². The van der Waals surface area contributed by atoms with Gasteiger partial charge in [0.15, 0.2) is 0 Å². The van der Waals surface area contributed by atoms with Crippen LogP contribution in [0.15, 0.2) is 66.7 Å². The predicted molar refractivity (Wildman–Crippen MR) is 109 cm³/mol. The minimum atomic E-state index is 0.538. The average Bonchev–Trinajstić information content (AvgIpc) is 2.70. The lowest BCUT2D eigenvalue weighted by atomic mass is 10.0. The summed E-state index contributed by atoms with van der Waals surface area (Å²) in [5.74, 6) is 10.1. The Morgan fingerprint density at radius 2 is 1.58 bits per heavy atom. The Bertz CT molecular complexity index is 952. The van der Waals surface area contributed by atoms with Gasteiger partial charge in [0.1, 0.15) is 12.4 Å². The molecule has 0 heterocycles. The first-order valence-electron chi connectivity index (χ1n) is 8.99. The van der Waals surface area contributed by atoms with E-state index in [1.165, 1.54) is 5.39 Å². The second-order valence-corrected chi connectivity index (χ2v) is 6.15. The number of benzene rings is 3. The molecule has 0 aliphatic heterocycles. The zero-order valence-electron chi connectivity index (χ0n) is 14.9. The molecule has 0 fully saturated rings. The molecular weight excluding hydrogens is 316 g/mol. The van der Waals surface area contributed by atoms with Crippen LogP contribution in [0.25, 0.3) is 10.8 Å². The molecule has 1 heteroatoms. The fourth-order valence-corrected chi connectivity index (χ4v) is 2.83. The standard InChI is InChI=1S/C25H22O/c1-2-3-4-5-6-10-17-24-23-16-12-11-15-22(23)18-19-25(24)26-20-21-13-8-7-9-14-21/h1,7-9,11-16,18-19H,3-6,20H2. The van der Waals surface area contributed by atoms with Gasteiger partial charge in [-0.15, -0.1) is 12.3 Å². The van der Waals surface area contributed by atoms with Crippen molar-refractivity contribution in [3.8, 4) is 29.9 Å². The number of hydrogen-bond acceptors (Lipinski definition) is 1. The summed E-state index contributed by atoms with van der Waals surface area (Å²) >= 11 is 0. The van der Waals surface area contributed by atoms with Crippen LogP contribution >= 0.6 is 0 Å². The summed E-state index contributed by atoms with van der Waals surface area (Å²) in [6, 6.07) is 22.6. The van der Waals surface area contributed by atoms with Gasteiger partial charge in [-0.3, -0.25) is 0 Å². The van der Waals surface area contributed by atoms with Crippen molar-refractivity contribution >= 4 is 10.8 Å². The Morgan fingerprint density at radius 1 is 0.808 bits per heavy atom. The molecule has 0 atom stereocenters. The van der Waals surface area contributed by atoms with Crippen molar-refractivity contribution in [1.82, 2.24) is 0 Å². The molecule has 0 spiro atoms. The zero-order valence-corrected chi connectivity index (χ0v) is 14.9. The van der Waals surface area contributed by atoms with Crippen LogP contribution in [0.1, 0.15) is 36.8 Å². The molecular formula is C25H22O. The van der Waals surface area contributed by atoms with Crippen LogP contribution in [0.2, 0.25) is 0 Å². The lowest BCUT2D eigenvalue weighted by Crippen LogP contribution is -1.97. The third kappa shape index (κ3) is 4.69. The Morgan fingerprint density at radius 3 is 2.42 bits per heavy atom. The molecule has 3 aromatic carbocycles. The maximum atomic E-state index is 6.10. The summed E-state index contributed by atoms with van der Waals surface area (Å²) in [5, 5.41) is 2.31. The molecule has 26 heavy (non-hydrogen) atoms. The molecule has 0 aliphatic carbocycles. The molecule has 0 amide bonds. The summed E-state index contributed by atoms with van der Waals surface area (Å²) in [5.41, 5.74) is 2.12. The van der Waals surface area contributed by atoms with Crippen LogP contribution < -0.4 is 4.74 Å². The Kier molecular flexibility index (Phi) is 6.35. The minimum Gasteiger partial charge on any atom is -0.488 e. The number of fused-ring (bicyclic) bond motifs is 1. The van der Waals surface area contributed by atoms with Crippen molar-refractivity contribution in [3.63, 3.8) is 0 Å². The van der Waals surface area contributed by atoms with Gasteiger partial charge in [-0.25, -0.2) is 0 Å². The molecule has 0 saturated heterocycles. The van der Waals surface area contributed by atoms with E-state index in [1.807, 2.05) is 36.4 Å². The molecule has 1 nitrogen and oxygen atoms in total. The van der Waals surface area contributed by atoms with Crippen LogP contribution in [0, 0.1) is 24.2 Å². The van der Waals surface area contributed by atoms with Crippen molar-refractivity contribution in [1.29, 1.82) is 0 Å². The fourth-order valence-electron chi connectivity index (χ4n) is 2.83. The van der Waals surface area contributed by atoms with Crippen molar-refractivity contribution < 1.29 is 4.74 Å².